The Morgan fingerprint density at radius 2 is 2.28 bits per heavy atom. The number of hydrogen-bond acceptors (Lipinski definition) is 4. The van der Waals surface area contributed by atoms with Crippen LogP contribution in [0.3, 0.4) is 0 Å². The molecule has 1 unspecified atom stereocenters. The van der Waals surface area contributed by atoms with Crippen molar-refractivity contribution in [2.75, 3.05) is 11.9 Å². The molecular formula is C12H13BrN4O. The smallest absolute Gasteiger partial charge is 0.236 e. The molecule has 94 valence electrons. The fraction of sp³-hybridized carbons (Fsp3) is 0.167. The third kappa shape index (κ3) is 2.77. The molecule has 0 radical (unpaired) electrons. The van der Waals surface area contributed by atoms with Crippen molar-refractivity contribution in [2.45, 2.75) is 6.04 Å². The standard InChI is InChI=1S/C12H13BrN4O/c13-8-4-7-2-1-3-10(11(7)17-5-8)16-6-9(14)12(15)18/h1-5,9,16H,6,14H2,(H2,15,18). The van der Waals surface area contributed by atoms with Crippen LogP contribution in [0.1, 0.15) is 0 Å². The van der Waals surface area contributed by atoms with Crippen LogP contribution in [-0.4, -0.2) is 23.5 Å². The number of aromatic nitrogens is 1. The van der Waals surface area contributed by atoms with E-state index in [1.54, 1.807) is 6.20 Å². The molecule has 0 aliphatic carbocycles. The molecule has 1 atom stereocenters. The first kappa shape index (κ1) is 12.8. The molecule has 0 aliphatic rings. The Hall–Kier alpha value is -1.66. The monoisotopic (exact) mass is 308 g/mol. The van der Waals surface area contributed by atoms with E-state index < -0.39 is 11.9 Å². The first-order valence-corrected chi connectivity index (χ1v) is 6.20. The van der Waals surface area contributed by atoms with Gasteiger partial charge in [-0.05, 0) is 28.1 Å². The number of nitrogens with zero attached hydrogens (tertiary/aromatic N) is 1. The number of nitrogens with one attached hydrogen (secondary N) is 1. The number of nitrogens with two attached hydrogens (primary N) is 2. The third-order valence-corrected chi connectivity index (χ3v) is 2.99. The summed E-state index contributed by atoms with van der Waals surface area (Å²) in [4.78, 5) is 15.2. The fourth-order valence-electron chi connectivity index (χ4n) is 1.60. The molecule has 0 saturated heterocycles. The van der Waals surface area contributed by atoms with E-state index in [1.807, 2.05) is 24.3 Å². The second kappa shape index (κ2) is 5.32. The molecule has 0 spiro atoms. The Labute approximate surface area is 113 Å². The minimum atomic E-state index is -0.712. The molecule has 18 heavy (non-hydrogen) atoms. The number of pyridine rings is 1. The van der Waals surface area contributed by atoms with Crippen molar-refractivity contribution in [2.24, 2.45) is 11.5 Å². The number of para-hydroxylation sites is 1. The van der Waals surface area contributed by atoms with E-state index in [-0.39, 0.29) is 6.54 Å². The van der Waals surface area contributed by atoms with Crippen LogP contribution in [0.2, 0.25) is 0 Å². The van der Waals surface area contributed by atoms with Crippen molar-refractivity contribution < 1.29 is 4.79 Å². The predicted molar refractivity (Wildman–Crippen MR) is 75.1 cm³/mol. The number of hydrogen-bond donors (Lipinski definition) is 3. The molecule has 2 rings (SSSR count). The van der Waals surface area contributed by atoms with Crippen LogP contribution in [0, 0.1) is 0 Å². The SMILES string of the molecule is NC(=O)C(N)CNc1cccc2cc(Br)cnc12. The van der Waals surface area contributed by atoms with Crippen molar-refractivity contribution in [1.82, 2.24) is 4.98 Å². The zero-order chi connectivity index (χ0) is 13.1. The first-order valence-electron chi connectivity index (χ1n) is 5.41. The average molecular weight is 309 g/mol. The number of anilines is 1. The van der Waals surface area contributed by atoms with Gasteiger partial charge in [0.2, 0.25) is 5.91 Å². The zero-order valence-electron chi connectivity index (χ0n) is 9.56. The van der Waals surface area contributed by atoms with Gasteiger partial charge in [-0.1, -0.05) is 12.1 Å². The summed E-state index contributed by atoms with van der Waals surface area (Å²) in [6, 6.07) is 7.02. The molecule has 6 heteroatoms. The Bertz CT molecular complexity index is 587. The van der Waals surface area contributed by atoms with Gasteiger partial charge in [0.15, 0.2) is 0 Å². The maximum Gasteiger partial charge on any atom is 0.236 e. The predicted octanol–water partition coefficient (Wildman–Crippen LogP) is 1.22. The molecule has 0 fully saturated rings. The highest BCUT2D eigenvalue weighted by Crippen LogP contribution is 2.23. The molecule has 0 aliphatic heterocycles. The Morgan fingerprint density at radius 3 is 3.00 bits per heavy atom. The van der Waals surface area contributed by atoms with E-state index in [0.717, 1.165) is 21.1 Å². The highest BCUT2D eigenvalue weighted by atomic mass is 79.9. The minimum absolute atomic E-state index is 0.284. The molecular weight excluding hydrogens is 296 g/mol. The number of amides is 1. The third-order valence-electron chi connectivity index (χ3n) is 2.56. The number of fused-ring (bicyclic) bond motifs is 1. The number of halogens is 1. The second-order valence-corrected chi connectivity index (χ2v) is 4.84. The van der Waals surface area contributed by atoms with Gasteiger partial charge in [-0.2, -0.15) is 0 Å². The highest BCUT2D eigenvalue weighted by molar-refractivity contribution is 9.10. The van der Waals surface area contributed by atoms with E-state index in [4.69, 9.17) is 11.5 Å². The normalized spacial score (nSPS) is 12.3. The van der Waals surface area contributed by atoms with Crippen molar-refractivity contribution >= 4 is 38.4 Å². The lowest BCUT2D eigenvalue weighted by Crippen LogP contribution is -2.41. The van der Waals surface area contributed by atoms with Crippen LogP contribution >= 0.6 is 15.9 Å². The minimum Gasteiger partial charge on any atom is -0.381 e. The van der Waals surface area contributed by atoms with Crippen LogP contribution in [0.5, 0.6) is 0 Å². The number of carbonyl (C=O) groups is 1. The Kier molecular flexibility index (Phi) is 3.78. The van der Waals surface area contributed by atoms with Gasteiger partial charge in [0.1, 0.15) is 6.04 Å². The molecule has 5 N–H and O–H groups in total. The van der Waals surface area contributed by atoms with E-state index in [0.29, 0.717) is 0 Å². The maximum absolute atomic E-state index is 10.9. The summed E-state index contributed by atoms with van der Waals surface area (Å²) in [5.74, 6) is -0.529. The van der Waals surface area contributed by atoms with Crippen LogP contribution in [0.4, 0.5) is 5.69 Å². The molecule has 0 saturated carbocycles. The summed E-state index contributed by atoms with van der Waals surface area (Å²) in [6.07, 6.45) is 1.72. The van der Waals surface area contributed by atoms with Crippen LogP contribution in [0.15, 0.2) is 34.9 Å². The largest absolute Gasteiger partial charge is 0.381 e. The number of rotatable bonds is 4. The Morgan fingerprint density at radius 1 is 1.50 bits per heavy atom. The topological polar surface area (TPSA) is 94.0 Å². The number of benzene rings is 1. The van der Waals surface area contributed by atoms with Crippen LogP contribution in [0.25, 0.3) is 10.9 Å². The van der Waals surface area contributed by atoms with Crippen molar-refractivity contribution in [1.29, 1.82) is 0 Å². The van der Waals surface area contributed by atoms with Crippen molar-refractivity contribution in [3.63, 3.8) is 0 Å². The molecule has 0 bridgehead atoms. The van der Waals surface area contributed by atoms with E-state index in [2.05, 4.69) is 26.2 Å². The van der Waals surface area contributed by atoms with Gasteiger partial charge in [0, 0.05) is 22.6 Å². The molecule has 1 aromatic carbocycles. The van der Waals surface area contributed by atoms with E-state index in [1.165, 1.54) is 0 Å². The van der Waals surface area contributed by atoms with Gasteiger partial charge >= 0.3 is 0 Å². The van der Waals surface area contributed by atoms with Gasteiger partial charge in [-0.25, -0.2) is 0 Å². The highest BCUT2D eigenvalue weighted by Gasteiger charge is 2.09. The lowest BCUT2D eigenvalue weighted by atomic mass is 10.2. The van der Waals surface area contributed by atoms with Gasteiger partial charge < -0.3 is 16.8 Å². The molecule has 5 nitrogen and oxygen atoms in total. The van der Waals surface area contributed by atoms with Gasteiger partial charge in [-0.3, -0.25) is 9.78 Å². The number of primary amides is 1. The van der Waals surface area contributed by atoms with Gasteiger partial charge in [0.05, 0.1) is 11.2 Å². The summed E-state index contributed by atoms with van der Waals surface area (Å²) < 4.78 is 0.918. The molecule has 2 aromatic rings. The van der Waals surface area contributed by atoms with Gasteiger partial charge in [0.25, 0.3) is 0 Å². The van der Waals surface area contributed by atoms with E-state index in [9.17, 15) is 4.79 Å². The Balaban J connectivity index is 2.26. The lowest BCUT2D eigenvalue weighted by Gasteiger charge is -2.12. The summed E-state index contributed by atoms with van der Waals surface area (Å²) in [5, 5.41) is 4.09. The summed E-state index contributed by atoms with van der Waals surface area (Å²) >= 11 is 3.37. The fourth-order valence-corrected chi connectivity index (χ4v) is 1.95. The van der Waals surface area contributed by atoms with Crippen molar-refractivity contribution in [3.05, 3.63) is 34.9 Å². The maximum atomic E-state index is 10.9. The van der Waals surface area contributed by atoms with Crippen molar-refractivity contribution in [3.8, 4) is 0 Å². The molecule has 1 amide bonds. The summed E-state index contributed by atoms with van der Waals surface area (Å²) in [7, 11) is 0. The number of carbonyl (C=O) groups excluding carboxylic acids is 1. The lowest BCUT2D eigenvalue weighted by molar-refractivity contribution is -0.118. The average Bonchev–Trinajstić information content (AvgIpc) is 2.35. The molecule has 1 heterocycles. The van der Waals surface area contributed by atoms with Crippen LogP contribution < -0.4 is 16.8 Å². The van der Waals surface area contributed by atoms with E-state index >= 15 is 0 Å². The molecule has 1 aromatic heterocycles. The quantitative estimate of drug-likeness (QED) is 0.791. The zero-order valence-corrected chi connectivity index (χ0v) is 11.1. The van der Waals surface area contributed by atoms with Gasteiger partial charge in [-0.15, -0.1) is 0 Å². The summed E-state index contributed by atoms with van der Waals surface area (Å²) in [6.45, 7) is 0.284. The second-order valence-electron chi connectivity index (χ2n) is 3.92. The first-order chi connectivity index (χ1) is 8.58. The van der Waals surface area contributed by atoms with Crippen LogP contribution in [-0.2, 0) is 4.79 Å². The summed E-state index contributed by atoms with van der Waals surface area (Å²) in [5.41, 5.74) is 12.3.